The van der Waals surface area contributed by atoms with E-state index in [0.717, 1.165) is 0 Å². The van der Waals surface area contributed by atoms with Crippen molar-refractivity contribution in [2.24, 2.45) is 0 Å². The maximum atomic E-state index is 2.66. The van der Waals surface area contributed by atoms with Crippen molar-refractivity contribution in [1.29, 1.82) is 0 Å². The second-order valence-corrected chi connectivity index (χ2v) is 17.6. The quantitative estimate of drug-likeness (QED) is 0.146. The summed E-state index contributed by atoms with van der Waals surface area (Å²) in [6.45, 7) is 4.53. The molecule has 2 aliphatic heterocycles. The van der Waals surface area contributed by atoms with Crippen LogP contribution in [0.3, 0.4) is 0 Å². The average molecular weight is 761 g/mol. The predicted molar refractivity (Wildman–Crippen MR) is 246 cm³/mol. The number of aryl methyl sites for hydroxylation is 2. The third-order valence-electron chi connectivity index (χ3n) is 15.0. The van der Waals surface area contributed by atoms with Crippen LogP contribution in [0.5, 0.6) is 0 Å². The van der Waals surface area contributed by atoms with Gasteiger partial charge in [-0.2, -0.15) is 0 Å². The Kier molecular flexibility index (Phi) is 5.48. The zero-order valence-corrected chi connectivity index (χ0v) is 33.2. The summed E-state index contributed by atoms with van der Waals surface area (Å²) in [6.07, 6.45) is 0. The Hall–Kier alpha value is -7.42. The fourth-order valence-electron chi connectivity index (χ4n) is 13.1. The first kappa shape index (κ1) is 31.6. The normalized spacial score (nSPS) is 15.1. The summed E-state index contributed by atoms with van der Waals surface area (Å²) in [5, 5.41) is 5.29. The molecule has 11 aromatic rings. The van der Waals surface area contributed by atoms with Crippen molar-refractivity contribution in [3.05, 3.63) is 238 Å². The van der Waals surface area contributed by atoms with E-state index in [-0.39, 0.29) is 0 Å². The van der Waals surface area contributed by atoms with Crippen LogP contribution in [0.15, 0.2) is 182 Å². The highest BCUT2D eigenvalue weighted by Crippen LogP contribution is 2.68. The van der Waals surface area contributed by atoms with Gasteiger partial charge in [0.05, 0.1) is 44.3 Å². The van der Waals surface area contributed by atoms with Crippen molar-refractivity contribution in [2.45, 2.75) is 24.7 Å². The molecule has 2 spiro atoms. The molecule has 60 heavy (non-hydrogen) atoms. The molecule has 15 rings (SSSR count). The van der Waals surface area contributed by atoms with Crippen LogP contribution in [0.2, 0.25) is 0 Å². The molecule has 4 heterocycles. The summed E-state index contributed by atoms with van der Waals surface area (Å²) >= 11 is 0. The molecule has 2 aromatic heterocycles. The maximum absolute atomic E-state index is 2.66. The van der Waals surface area contributed by atoms with E-state index in [4.69, 9.17) is 0 Å². The smallest absolute Gasteiger partial charge is 0.0761 e. The van der Waals surface area contributed by atoms with Gasteiger partial charge in [0.15, 0.2) is 0 Å². The number of hydrogen-bond donors (Lipinski definition) is 0. The summed E-state index contributed by atoms with van der Waals surface area (Å²) < 4.78 is 5.33. The minimum absolute atomic E-state index is 0.586. The van der Waals surface area contributed by atoms with E-state index < -0.39 is 10.8 Å². The Morgan fingerprint density at radius 3 is 1.05 bits per heavy atom. The molecule has 0 radical (unpaired) electrons. The van der Waals surface area contributed by atoms with Gasteiger partial charge in [0.2, 0.25) is 0 Å². The average Bonchev–Trinajstić information content (AvgIpc) is 4.00. The minimum atomic E-state index is -0.586. The summed E-state index contributed by atoms with van der Waals surface area (Å²) in [5.74, 6) is 0. The first-order chi connectivity index (χ1) is 29.6. The number of para-hydroxylation sites is 2. The first-order valence-corrected chi connectivity index (χ1v) is 21.3. The van der Waals surface area contributed by atoms with Crippen molar-refractivity contribution in [2.75, 3.05) is 0 Å². The number of nitrogens with zero attached hydrogens (tertiary/aromatic N) is 2. The van der Waals surface area contributed by atoms with Gasteiger partial charge < -0.3 is 9.13 Å². The van der Waals surface area contributed by atoms with Gasteiger partial charge in [-0.05, 0) is 93.7 Å². The molecule has 0 saturated heterocycles. The Morgan fingerprint density at radius 2 is 0.667 bits per heavy atom. The fourth-order valence-corrected chi connectivity index (χ4v) is 13.1. The third kappa shape index (κ3) is 3.22. The lowest BCUT2D eigenvalue weighted by molar-refractivity contribution is 0.742. The third-order valence-corrected chi connectivity index (χ3v) is 15.0. The molecule has 0 atom stereocenters. The van der Waals surface area contributed by atoms with Gasteiger partial charge in [0.1, 0.15) is 0 Å². The molecule has 4 aliphatic rings. The predicted octanol–water partition coefficient (Wildman–Crippen LogP) is 13.9. The largest absolute Gasteiger partial charge is 0.309 e. The van der Waals surface area contributed by atoms with Crippen LogP contribution in [0, 0.1) is 13.8 Å². The van der Waals surface area contributed by atoms with Gasteiger partial charge in [-0.3, -0.25) is 0 Å². The monoisotopic (exact) mass is 760 g/mol. The van der Waals surface area contributed by atoms with Crippen molar-refractivity contribution in [1.82, 2.24) is 9.13 Å². The molecule has 278 valence electrons. The summed E-state index contributed by atoms with van der Waals surface area (Å²) in [7, 11) is 0. The zero-order chi connectivity index (χ0) is 39.2. The second-order valence-electron chi connectivity index (χ2n) is 17.6. The van der Waals surface area contributed by atoms with E-state index in [1.165, 1.54) is 133 Å². The summed E-state index contributed by atoms with van der Waals surface area (Å²) in [6, 6.07) is 70.1. The Morgan fingerprint density at radius 1 is 0.333 bits per heavy atom. The molecule has 0 bridgehead atoms. The molecule has 2 aliphatic carbocycles. The van der Waals surface area contributed by atoms with Crippen molar-refractivity contribution >= 4 is 43.6 Å². The lowest BCUT2D eigenvalue weighted by Crippen LogP contribution is -2.37. The zero-order valence-electron chi connectivity index (χ0n) is 33.2. The topological polar surface area (TPSA) is 9.86 Å². The van der Waals surface area contributed by atoms with Crippen LogP contribution in [-0.2, 0) is 10.8 Å². The lowest BCUT2D eigenvalue weighted by atomic mass is 9.60. The van der Waals surface area contributed by atoms with Crippen LogP contribution in [0.25, 0.3) is 77.2 Å². The first-order valence-electron chi connectivity index (χ1n) is 21.3. The maximum Gasteiger partial charge on any atom is 0.0761 e. The van der Waals surface area contributed by atoms with E-state index in [1.54, 1.807) is 0 Å². The SMILES string of the molecule is Cc1ccc2c(c1)C1(c3ccccc3-c3ccccc31)c1c3c4ccccc4n4c3c(c3c5ccccc5n-2c13)C1(c2ccccc2-c2ccccc21)c1cc(C)ccc1-4. The summed E-state index contributed by atoms with van der Waals surface area (Å²) in [4.78, 5) is 0. The van der Waals surface area contributed by atoms with Gasteiger partial charge in [0, 0.05) is 32.7 Å². The van der Waals surface area contributed by atoms with Crippen molar-refractivity contribution in [3.63, 3.8) is 0 Å². The van der Waals surface area contributed by atoms with Gasteiger partial charge in [-0.25, -0.2) is 0 Å². The minimum Gasteiger partial charge on any atom is -0.309 e. The number of aromatic nitrogens is 2. The van der Waals surface area contributed by atoms with E-state index in [2.05, 4.69) is 205 Å². The number of fused-ring (bicyclic) bond motifs is 26. The van der Waals surface area contributed by atoms with Crippen molar-refractivity contribution < 1.29 is 0 Å². The molecule has 0 unspecified atom stereocenters. The highest BCUT2D eigenvalue weighted by Gasteiger charge is 2.57. The van der Waals surface area contributed by atoms with Crippen LogP contribution in [0.1, 0.15) is 55.6 Å². The molecule has 2 heteroatoms. The highest BCUT2D eigenvalue weighted by atomic mass is 15.0. The van der Waals surface area contributed by atoms with E-state index >= 15 is 0 Å². The van der Waals surface area contributed by atoms with Crippen LogP contribution in [-0.4, -0.2) is 9.13 Å². The Bertz CT molecular complexity index is 3470. The van der Waals surface area contributed by atoms with E-state index in [1.807, 2.05) is 0 Å². The standard InChI is InChI=1S/C58H36N2/c1-33-27-29-49-45(31-33)57(41-21-9-3-15-35(41)36-16-4-10-22-42(36)57)53-51-40-20-8-14-26-48(40)60-50-30-28-34(2)32-46(50)58(43-23-11-5-17-37(43)38-18-6-12-24-44(38)58)54(56(51)60)52-39-19-7-13-25-47(39)59(49)55(52)53/h3-32H,1-2H3. The molecule has 0 fully saturated rings. The molecular formula is C58H36N2. The van der Waals surface area contributed by atoms with Crippen LogP contribution in [0.4, 0.5) is 0 Å². The molecule has 2 nitrogen and oxygen atoms in total. The highest BCUT2D eigenvalue weighted by molar-refractivity contribution is 6.27. The van der Waals surface area contributed by atoms with Gasteiger partial charge >= 0.3 is 0 Å². The molecule has 0 saturated carbocycles. The van der Waals surface area contributed by atoms with Gasteiger partial charge in [-0.1, -0.05) is 169 Å². The van der Waals surface area contributed by atoms with Gasteiger partial charge in [0.25, 0.3) is 0 Å². The van der Waals surface area contributed by atoms with Crippen molar-refractivity contribution in [3.8, 4) is 33.6 Å². The Labute approximate surface area is 347 Å². The fraction of sp³-hybridized carbons (Fsp3) is 0.0690. The molecule has 9 aromatic carbocycles. The number of rotatable bonds is 0. The van der Waals surface area contributed by atoms with E-state index in [0.29, 0.717) is 0 Å². The number of hydrogen-bond acceptors (Lipinski definition) is 0. The molecule has 0 amide bonds. The van der Waals surface area contributed by atoms with Crippen LogP contribution >= 0.6 is 0 Å². The molecule has 0 N–H and O–H groups in total. The lowest BCUT2D eigenvalue weighted by Gasteiger charge is -2.44. The van der Waals surface area contributed by atoms with Gasteiger partial charge in [-0.15, -0.1) is 0 Å². The Balaban J connectivity index is 1.33. The molecular weight excluding hydrogens is 725 g/mol. The summed E-state index contributed by atoms with van der Waals surface area (Å²) in [5.41, 5.74) is 25.2. The van der Waals surface area contributed by atoms with E-state index in [9.17, 15) is 0 Å². The van der Waals surface area contributed by atoms with Crippen LogP contribution < -0.4 is 0 Å². The number of benzene rings is 9. The second kappa shape index (κ2) is 10.4.